The number of nitrogens with one attached hydrogen (secondary N) is 1. The van der Waals surface area contributed by atoms with E-state index in [2.05, 4.69) is 5.32 Å². The van der Waals surface area contributed by atoms with Crippen LogP contribution in [0.2, 0.25) is 5.02 Å². The summed E-state index contributed by atoms with van der Waals surface area (Å²) in [7, 11) is 0. The Morgan fingerprint density at radius 3 is 2.65 bits per heavy atom. The lowest BCUT2D eigenvalue weighted by Gasteiger charge is -2.21. The highest BCUT2D eigenvalue weighted by atomic mass is 35.5. The predicted octanol–water partition coefficient (Wildman–Crippen LogP) is 2.96. The van der Waals surface area contributed by atoms with Crippen molar-refractivity contribution in [2.75, 3.05) is 11.9 Å². The van der Waals surface area contributed by atoms with E-state index in [0.717, 1.165) is 11.3 Å². The Morgan fingerprint density at radius 2 is 2.12 bits per heavy atom. The van der Waals surface area contributed by atoms with E-state index in [9.17, 15) is 4.79 Å². The Balaban J connectivity index is 2.69. The average Bonchev–Trinajstić information content (AvgIpc) is 2.21. The molecular weight excluding hydrogens is 236 g/mol. The maximum absolute atomic E-state index is 11.8. The van der Waals surface area contributed by atoms with Crippen molar-refractivity contribution in [2.24, 2.45) is 11.1 Å². The van der Waals surface area contributed by atoms with Gasteiger partial charge in [-0.15, -0.1) is 0 Å². The van der Waals surface area contributed by atoms with Crippen LogP contribution in [0.15, 0.2) is 18.2 Å². The molecule has 0 saturated heterocycles. The minimum atomic E-state index is -0.176. The van der Waals surface area contributed by atoms with Crippen LogP contribution in [0.25, 0.3) is 0 Å². The lowest BCUT2D eigenvalue weighted by molar-refractivity contribution is -0.117. The van der Waals surface area contributed by atoms with E-state index in [1.54, 1.807) is 6.07 Å². The highest BCUT2D eigenvalue weighted by Crippen LogP contribution is 2.22. The lowest BCUT2D eigenvalue weighted by Crippen LogP contribution is -2.29. The third-order valence-corrected chi connectivity index (χ3v) is 2.89. The Bertz CT molecular complexity index is 416. The number of hydrogen-bond donors (Lipinski definition) is 2. The van der Waals surface area contributed by atoms with Gasteiger partial charge in [0, 0.05) is 17.1 Å². The number of carbonyl (C=O) groups excluding carboxylic acids is 1. The first-order valence-corrected chi connectivity index (χ1v) is 5.98. The number of halogens is 1. The molecule has 0 saturated carbocycles. The third kappa shape index (κ3) is 4.36. The normalized spacial score (nSPS) is 11.4. The summed E-state index contributed by atoms with van der Waals surface area (Å²) in [6, 6.07) is 5.40. The fraction of sp³-hybridized carbons (Fsp3) is 0.462. The molecule has 0 aliphatic rings. The Kier molecular flexibility index (Phi) is 4.54. The topological polar surface area (TPSA) is 55.1 Å². The first-order valence-electron chi connectivity index (χ1n) is 5.60. The molecular formula is C13H19ClN2O. The minimum absolute atomic E-state index is 0.0223. The Morgan fingerprint density at radius 1 is 1.47 bits per heavy atom. The summed E-state index contributed by atoms with van der Waals surface area (Å²) in [4.78, 5) is 11.8. The zero-order valence-corrected chi connectivity index (χ0v) is 11.3. The summed E-state index contributed by atoms with van der Waals surface area (Å²) in [6.45, 7) is 6.35. The molecule has 0 aliphatic carbocycles. The number of hydrogen-bond acceptors (Lipinski definition) is 2. The van der Waals surface area contributed by atoms with Gasteiger partial charge in [0.1, 0.15) is 0 Å². The van der Waals surface area contributed by atoms with Gasteiger partial charge in [-0.25, -0.2) is 0 Å². The van der Waals surface area contributed by atoms with Crippen LogP contribution >= 0.6 is 11.6 Å². The van der Waals surface area contributed by atoms with Crippen molar-refractivity contribution < 1.29 is 4.79 Å². The van der Waals surface area contributed by atoms with Crippen molar-refractivity contribution in [3.05, 3.63) is 28.8 Å². The van der Waals surface area contributed by atoms with Crippen molar-refractivity contribution in [1.29, 1.82) is 0 Å². The number of carbonyl (C=O) groups is 1. The molecule has 1 amide bonds. The fourth-order valence-electron chi connectivity index (χ4n) is 1.47. The highest BCUT2D eigenvalue weighted by Gasteiger charge is 2.20. The molecule has 0 radical (unpaired) electrons. The van der Waals surface area contributed by atoms with Crippen molar-refractivity contribution >= 4 is 23.2 Å². The summed E-state index contributed by atoms with van der Waals surface area (Å²) in [5.74, 6) is -0.0223. The quantitative estimate of drug-likeness (QED) is 0.868. The van der Waals surface area contributed by atoms with Gasteiger partial charge in [-0.05, 0) is 42.6 Å². The van der Waals surface area contributed by atoms with Gasteiger partial charge in [-0.3, -0.25) is 4.79 Å². The molecule has 0 heterocycles. The summed E-state index contributed by atoms with van der Waals surface area (Å²) in [5, 5.41) is 3.54. The summed E-state index contributed by atoms with van der Waals surface area (Å²) < 4.78 is 0. The van der Waals surface area contributed by atoms with Crippen molar-refractivity contribution in [2.45, 2.75) is 27.2 Å². The molecule has 1 aromatic rings. The largest absolute Gasteiger partial charge is 0.330 e. The molecule has 0 atom stereocenters. The minimum Gasteiger partial charge on any atom is -0.330 e. The number of anilines is 1. The molecule has 0 bridgehead atoms. The van der Waals surface area contributed by atoms with Gasteiger partial charge in [0.25, 0.3) is 0 Å². The Labute approximate surface area is 107 Å². The number of rotatable bonds is 4. The first kappa shape index (κ1) is 14.0. The molecule has 3 N–H and O–H groups in total. The van der Waals surface area contributed by atoms with E-state index < -0.39 is 0 Å². The fourth-order valence-corrected chi connectivity index (χ4v) is 1.70. The smallest absolute Gasteiger partial charge is 0.224 e. The van der Waals surface area contributed by atoms with Crippen LogP contribution < -0.4 is 11.1 Å². The van der Waals surface area contributed by atoms with Gasteiger partial charge >= 0.3 is 0 Å². The first-order chi connectivity index (χ1) is 7.84. The molecule has 1 aromatic carbocycles. The molecule has 0 aliphatic heterocycles. The zero-order valence-electron chi connectivity index (χ0n) is 10.5. The van der Waals surface area contributed by atoms with Crippen LogP contribution in [0.1, 0.15) is 25.8 Å². The molecule has 0 fully saturated rings. The van der Waals surface area contributed by atoms with Crippen LogP contribution in [0.5, 0.6) is 0 Å². The number of benzene rings is 1. The molecule has 0 aromatic heterocycles. The van der Waals surface area contributed by atoms with Crippen LogP contribution in [0.3, 0.4) is 0 Å². The van der Waals surface area contributed by atoms with Crippen LogP contribution in [0, 0.1) is 12.3 Å². The summed E-state index contributed by atoms with van der Waals surface area (Å²) in [5.41, 5.74) is 7.18. The second kappa shape index (κ2) is 5.52. The molecule has 0 spiro atoms. The van der Waals surface area contributed by atoms with Gasteiger partial charge in [-0.1, -0.05) is 25.4 Å². The summed E-state index contributed by atoms with van der Waals surface area (Å²) in [6.07, 6.45) is 0.408. The second-order valence-electron chi connectivity index (χ2n) is 5.05. The second-order valence-corrected chi connectivity index (χ2v) is 5.49. The molecule has 3 nitrogen and oxygen atoms in total. The Hall–Kier alpha value is -1.06. The van der Waals surface area contributed by atoms with Crippen molar-refractivity contribution in [1.82, 2.24) is 0 Å². The molecule has 17 heavy (non-hydrogen) atoms. The number of amides is 1. The molecule has 0 unspecified atom stereocenters. The number of nitrogens with two attached hydrogens (primary N) is 1. The SMILES string of the molecule is Cc1cc(Cl)ccc1NC(=O)CC(C)(C)CN. The van der Waals surface area contributed by atoms with E-state index in [4.69, 9.17) is 17.3 Å². The van der Waals surface area contributed by atoms with Crippen molar-refractivity contribution in [3.63, 3.8) is 0 Å². The third-order valence-electron chi connectivity index (χ3n) is 2.65. The molecule has 1 rings (SSSR count). The van der Waals surface area contributed by atoms with E-state index in [0.29, 0.717) is 18.0 Å². The maximum Gasteiger partial charge on any atom is 0.224 e. The highest BCUT2D eigenvalue weighted by molar-refractivity contribution is 6.30. The molecule has 4 heteroatoms. The van der Waals surface area contributed by atoms with Gasteiger partial charge in [0.2, 0.25) is 5.91 Å². The van der Waals surface area contributed by atoms with E-state index in [1.165, 1.54) is 0 Å². The standard InChI is InChI=1S/C13H19ClN2O/c1-9-6-10(14)4-5-11(9)16-12(17)7-13(2,3)8-15/h4-6H,7-8,15H2,1-3H3,(H,16,17). The van der Waals surface area contributed by atoms with E-state index >= 15 is 0 Å². The summed E-state index contributed by atoms with van der Waals surface area (Å²) >= 11 is 5.85. The zero-order chi connectivity index (χ0) is 13.1. The van der Waals surface area contributed by atoms with E-state index in [-0.39, 0.29) is 11.3 Å². The average molecular weight is 255 g/mol. The molecule has 94 valence electrons. The van der Waals surface area contributed by atoms with E-state index in [1.807, 2.05) is 32.9 Å². The van der Waals surface area contributed by atoms with Crippen LogP contribution in [0.4, 0.5) is 5.69 Å². The predicted molar refractivity (Wildman–Crippen MR) is 72.3 cm³/mol. The van der Waals surface area contributed by atoms with Crippen LogP contribution in [-0.2, 0) is 4.79 Å². The van der Waals surface area contributed by atoms with Crippen molar-refractivity contribution in [3.8, 4) is 0 Å². The van der Waals surface area contributed by atoms with Gasteiger partial charge in [0.05, 0.1) is 0 Å². The maximum atomic E-state index is 11.8. The van der Waals surface area contributed by atoms with Gasteiger partial charge in [0.15, 0.2) is 0 Å². The lowest BCUT2D eigenvalue weighted by atomic mass is 9.89. The van der Waals surface area contributed by atoms with Gasteiger partial charge < -0.3 is 11.1 Å². The van der Waals surface area contributed by atoms with Gasteiger partial charge in [-0.2, -0.15) is 0 Å². The number of aryl methyl sites for hydroxylation is 1. The van der Waals surface area contributed by atoms with Crippen LogP contribution in [-0.4, -0.2) is 12.5 Å². The monoisotopic (exact) mass is 254 g/mol.